The number of hydrogen-bond donors (Lipinski definition) is 3. The molecule has 21 heavy (non-hydrogen) atoms. The molecule has 0 aliphatic heterocycles. The molecule has 0 saturated heterocycles. The number of methoxy groups -OCH3 is 1. The number of fused-ring (bicyclic) bond motifs is 1. The van der Waals surface area contributed by atoms with Gasteiger partial charge in [-0.2, -0.15) is 15.1 Å². The van der Waals surface area contributed by atoms with Crippen molar-refractivity contribution < 1.29 is 4.74 Å². The highest BCUT2D eigenvalue weighted by Crippen LogP contribution is 2.29. The summed E-state index contributed by atoms with van der Waals surface area (Å²) in [6, 6.07) is 7.67. The zero-order chi connectivity index (χ0) is 14.7. The van der Waals surface area contributed by atoms with Crippen LogP contribution in [0.15, 0.2) is 30.5 Å². The van der Waals surface area contributed by atoms with Crippen LogP contribution in [-0.4, -0.2) is 33.8 Å². The summed E-state index contributed by atoms with van der Waals surface area (Å²) < 4.78 is 5.34. The van der Waals surface area contributed by atoms with Crippen LogP contribution in [0.2, 0.25) is 0 Å². The van der Waals surface area contributed by atoms with Crippen molar-refractivity contribution in [1.29, 1.82) is 0 Å². The van der Waals surface area contributed by atoms with Crippen molar-refractivity contribution in [2.24, 2.45) is 0 Å². The van der Waals surface area contributed by atoms with Crippen LogP contribution >= 0.6 is 0 Å². The predicted octanol–water partition coefficient (Wildman–Crippen LogP) is 2.54. The standard InChI is InChI=1S/C14H16N6O/c1-3-15-14-18-12(9-8-16-20-13(9)19-14)17-10-6-4-5-7-11(10)21-2/h4-8H,3H2,1-2H3,(H3,15,16,17,18,19,20). The molecule has 0 spiro atoms. The number of aromatic nitrogens is 4. The van der Waals surface area contributed by atoms with Gasteiger partial charge in [-0.25, -0.2) is 0 Å². The molecule has 108 valence electrons. The Morgan fingerprint density at radius 1 is 1.24 bits per heavy atom. The maximum atomic E-state index is 5.34. The Labute approximate surface area is 121 Å². The molecule has 0 aliphatic carbocycles. The number of H-pyrrole nitrogens is 1. The molecule has 0 aliphatic rings. The lowest BCUT2D eigenvalue weighted by Crippen LogP contribution is -2.05. The Balaban J connectivity index is 2.04. The second-order valence-electron chi connectivity index (χ2n) is 4.38. The molecule has 0 atom stereocenters. The first-order valence-electron chi connectivity index (χ1n) is 6.67. The molecule has 0 amide bonds. The molecule has 0 bridgehead atoms. The van der Waals surface area contributed by atoms with Gasteiger partial charge in [0.25, 0.3) is 0 Å². The minimum absolute atomic E-state index is 0.548. The molecule has 7 heteroatoms. The third kappa shape index (κ3) is 2.58. The first-order chi connectivity index (χ1) is 10.3. The average molecular weight is 284 g/mol. The highest BCUT2D eigenvalue weighted by molar-refractivity contribution is 5.89. The fourth-order valence-corrected chi connectivity index (χ4v) is 2.04. The summed E-state index contributed by atoms with van der Waals surface area (Å²) in [6.45, 7) is 2.74. The number of para-hydroxylation sites is 2. The number of rotatable bonds is 5. The van der Waals surface area contributed by atoms with E-state index in [4.69, 9.17) is 4.74 Å². The molecule has 7 nitrogen and oxygen atoms in total. The first kappa shape index (κ1) is 13.2. The summed E-state index contributed by atoms with van der Waals surface area (Å²) in [6.07, 6.45) is 1.70. The molecular formula is C14H16N6O. The van der Waals surface area contributed by atoms with Crippen molar-refractivity contribution in [3.05, 3.63) is 30.5 Å². The number of nitrogens with one attached hydrogen (secondary N) is 3. The molecule has 2 heterocycles. The summed E-state index contributed by atoms with van der Waals surface area (Å²) in [7, 11) is 1.64. The van der Waals surface area contributed by atoms with E-state index in [1.807, 2.05) is 31.2 Å². The molecule has 3 N–H and O–H groups in total. The van der Waals surface area contributed by atoms with E-state index in [0.717, 1.165) is 23.4 Å². The van der Waals surface area contributed by atoms with Gasteiger partial charge >= 0.3 is 0 Å². The van der Waals surface area contributed by atoms with Crippen LogP contribution in [0.1, 0.15) is 6.92 Å². The number of nitrogens with zero attached hydrogens (tertiary/aromatic N) is 3. The summed E-state index contributed by atoms with van der Waals surface area (Å²) in [5.41, 5.74) is 1.52. The second-order valence-corrected chi connectivity index (χ2v) is 4.38. The minimum Gasteiger partial charge on any atom is -0.495 e. The van der Waals surface area contributed by atoms with Crippen molar-refractivity contribution >= 4 is 28.5 Å². The lowest BCUT2D eigenvalue weighted by Gasteiger charge is -2.11. The molecule has 2 aromatic heterocycles. The molecule has 0 fully saturated rings. The quantitative estimate of drug-likeness (QED) is 0.667. The predicted molar refractivity (Wildman–Crippen MR) is 82.1 cm³/mol. The van der Waals surface area contributed by atoms with E-state index in [1.165, 1.54) is 0 Å². The average Bonchev–Trinajstić information content (AvgIpc) is 2.97. The van der Waals surface area contributed by atoms with Crippen LogP contribution in [0.4, 0.5) is 17.5 Å². The first-order valence-corrected chi connectivity index (χ1v) is 6.67. The number of aromatic amines is 1. The SMILES string of the molecule is CCNc1nc(Nc2ccccc2OC)c2cn[nH]c2n1. The summed E-state index contributed by atoms with van der Waals surface area (Å²) in [5.74, 6) is 1.97. The summed E-state index contributed by atoms with van der Waals surface area (Å²) in [5, 5.41) is 14.1. The van der Waals surface area contributed by atoms with Crippen LogP contribution in [0, 0.1) is 0 Å². The largest absolute Gasteiger partial charge is 0.495 e. The fourth-order valence-electron chi connectivity index (χ4n) is 2.04. The van der Waals surface area contributed by atoms with Gasteiger partial charge in [0, 0.05) is 6.54 Å². The van der Waals surface area contributed by atoms with E-state index >= 15 is 0 Å². The monoisotopic (exact) mass is 284 g/mol. The maximum absolute atomic E-state index is 5.34. The van der Waals surface area contributed by atoms with E-state index in [1.54, 1.807) is 13.3 Å². The Hall–Kier alpha value is -2.83. The minimum atomic E-state index is 0.548. The molecule has 1 aromatic carbocycles. The van der Waals surface area contributed by atoms with E-state index in [0.29, 0.717) is 17.4 Å². The molecule has 0 unspecified atom stereocenters. The van der Waals surface area contributed by atoms with E-state index in [2.05, 4.69) is 30.8 Å². The van der Waals surface area contributed by atoms with Gasteiger partial charge in [0.15, 0.2) is 5.65 Å². The number of benzene rings is 1. The van der Waals surface area contributed by atoms with E-state index in [-0.39, 0.29) is 0 Å². The molecular weight excluding hydrogens is 268 g/mol. The Morgan fingerprint density at radius 3 is 2.90 bits per heavy atom. The number of ether oxygens (including phenoxy) is 1. The summed E-state index contributed by atoms with van der Waals surface area (Å²) >= 11 is 0. The molecule has 0 radical (unpaired) electrons. The lowest BCUT2D eigenvalue weighted by molar-refractivity contribution is 0.417. The van der Waals surface area contributed by atoms with E-state index < -0.39 is 0 Å². The zero-order valence-electron chi connectivity index (χ0n) is 11.8. The highest BCUT2D eigenvalue weighted by Gasteiger charge is 2.11. The topological polar surface area (TPSA) is 87.8 Å². The van der Waals surface area contributed by atoms with Crippen LogP contribution < -0.4 is 15.4 Å². The Bertz CT molecular complexity index is 754. The third-order valence-corrected chi connectivity index (χ3v) is 3.00. The van der Waals surface area contributed by atoms with Crippen molar-refractivity contribution in [2.45, 2.75) is 6.92 Å². The third-order valence-electron chi connectivity index (χ3n) is 3.00. The zero-order valence-corrected chi connectivity index (χ0v) is 11.8. The fraction of sp³-hybridized carbons (Fsp3) is 0.214. The Kier molecular flexibility index (Phi) is 3.55. The second kappa shape index (κ2) is 5.66. The lowest BCUT2D eigenvalue weighted by atomic mass is 10.3. The smallest absolute Gasteiger partial charge is 0.226 e. The van der Waals surface area contributed by atoms with Crippen LogP contribution in [-0.2, 0) is 0 Å². The van der Waals surface area contributed by atoms with Gasteiger partial charge in [-0.3, -0.25) is 5.10 Å². The van der Waals surface area contributed by atoms with Crippen LogP contribution in [0.5, 0.6) is 5.75 Å². The van der Waals surface area contributed by atoms with Gasteiger partial charge in [-0.15, -0.1) is 0 Å². The van der Waals surface area contributed by atoms with Crippen LogP contribution in [0.25, 0.3) is 11.0 Å². The maximum Gasteiger partial charge on any atom is 0.226 e. The van der Waals surface area contributed by atoms with Crippen molar-refractivity contribution in [2.75, 3.05) is 24.3 Å². The number of hydrogen-bond acceptors (Lipinski definition) is 6. The van der Waals surface area contributed by atoms with Crippen molar-refractivity contribution in [3.63, 3.8) is 0 Å². The van der Waals surface area contributed by atoms with Gasteiger partial charge in [-0.05, 0) is 19.1 Å². The van der Waals surface area contributed by atoms with Gasteiger partial charge in [0.05, 0.1) is 24.4 Å². The van der Waals surface area contributed by atoms with E-state index in [9.17, 15) is 0 Å². The van der Waals surface area contributed by atoms with Gasteiger partial charge < -0.3 is 15.4 Å². The molecule has 3 rings (SSSR count). The van der Waals surface area contributed by atoms with Crippen molar-refractivity contribution in [3.8, 4) is 5.75 Å². The Morgan fingerprint density at radius 2 is 2.10 bits per heavy atom. The van der Waals surface area contributed by atoms with Gasteiger partial charge in [0.1, 0.15) is 11.6 Å². The summed E-state index contributed by atoms with van der Waals surface area (Å²) in [4.78, 5) is 8.84. The normalized spacial score (nSPS) is 10.6. The van der Waals surface area contributed by atoms with Crippen LogP contribution in [0.3, 0.4) is 0 Å². The highest BCUT2D eigenvalue weighted by atomic mass is 16.5. The molecule has 3 aromatic rings. The van der Waals surface area contributed by atoms with Crippen molar-refractivity contribution in [1.82, 2.24) is 20.2 Å². The van der Waals surface area contributed by atoms with Gasteiger partial charge in [0.2, 0.25) is 5.95 Å². The van der Waals surface area contributed by atoms with Gasteiger partial charge in [-0.1, -0.05) is 12.1 Å². The number of anilines is 3. The molecule has 0 saturated carbocycles.